The molecule has 0 aliphatic carbocycles. The van der Waals surface area contributed by atoms with E-state index in [0.717, 1.165) is 0 Å². The number of hydrogen-bond acceptors (Lipinski definition) is 5. The van der Waals surface area contributed by atoms with Crippen molar-refractivity contribution in [3.05, 3.63) is 46.0 Å². The van der Waals surface area contributed by atoms with Gasteiger partial charge in [0.15, 0.2) is 0 Å². The highest BCUT2D eigenvalue weighted by molar-refractivity contribution is 7.86. The molecule has 0 aliphatic rings. The molecule has 0 fully saturated rings. The fourth-order valence-electron chi connectivity index (χ4n) is 0.918. The molecule has 16 heavy (non-hydrogen) atoms. The van der Waals surface area contributed by atoms with Crippen LogP contribution in [0, 0.1) is 10.1 Å². The summed E-state index contributed by atoms with van der Waals surface area (Å²) in [7, 11) is -4.52. The summed E-state index contributed by atoms with van der Waals surface area (Å²) in [5, 5.41) is 13.6. The molecule has 0 saturated heterocycles. The van der Waals surface area contributed by atoms with Crippen molar-refractivity contribution in [3.8, 4) is 0 Å². The Kier molecular flexibility index (Phi) is 3.77. The highest BCUT2D eigenvalue weighted by Crippen LogP contribution is 2.04. The van der Waals surface area contributed by atoms with Gasteiger partial charge in [-0.3, -0.25) is 0 Å². The molecule has 1 aromatic carbocycles. The molecule has 1 aromatic rings. The summed E-state index contributed by atoms with van der Waals surface area (Å²) in [6, 6.07) is 8.37. The SMILES string of the molecule is NS(=O)(=O)N(OCc1ccccc1)[N+](=O)[O-]. The molecule has 0 aromatic heterocycles. The fourth-order valence-corrected chi connectivity index (χ4v) is 1.30. The number of nitrogens with zero attached hydrogens (tertiary/aromatic N) is 2. The van der Waals surface area contributed by atoms with Crippen molar-refractivity contribution in [2.75, 3.05) is 0 Å². The van der Waals surface area contributed by atoms with Crippen LogP contribution in [0.1, 0.15) is 5.56 Å². The lowest BCUT2D eigenvalue weighted by Crippen LogP contribution is -2.40. The van der Waals surface area contributed by atoms with Gasteiger partial charge in [-0.05, 0) is 5.56 Å². The molecule has 0 atom stereocenters. The number of hydrazine groups is 1. The largest absolute Gasteiger partial charge is 0.376 e. The summed E-state index contributed by atoms with van der Waals surface area (Å²) in [6.07, 6.45) is 0. The molecule has 0 spiro atoms. The van der Waals surface area contributed by atoms with Gasteiger partial charge in [0.05, 0.1) is 0 Å². The predicted octanol–water partition coefficient (Wildman–Crippen LogP) is -0.185. The maximum atomic E-state index is 10.7. The van der Waals surface area contributed by atoms with Gasteiger partial charge in [0.1, 0.15) is 11.2 Å². The zero-order valence-electron chi connectivity index (χ0n) is 8.02. The standard InChI is InChI=1S/C7H9N3O5S/c8-16(13,14)10(9(11)12)15-6-7-4-2-1-3-5-7/h1-5H,6H2,(H2,8,13,14). The van der Waals surface area contributed by atoms with Crippen molar-refractivity contribution in [1.29, 1.82) is 0 Å². The molecule has 0 radical (unpaired) electrons. The summed E-state index contributed by atoms with van der Waals surface area (Å²) in [6.45, 7) is -0.266. The molecule has 0 aliphatic heterocycles. The Labute approximate surface area is 91.5 Å². The van der Waals surface area contributed by atoms with Crippen molar-refractivity contribution in [2.24, 2.45) is 5.14 Å². The lowest BCUT2D eigenvalue weighted by atomic mass is 10.2. The second-order valence-electron chi connectivity index (χ2n) is 2.75. The van der Waals surface area contributed by atoms with Crippen molar-refractivity contribution in [1.82, 2.24) is 4.58 Å². The quantitative estimate of drug-likeness (QED) is 0.572. The van der Waals surface area contributed by atoms with Gasteiger partial charge in [-0.25, -0.2) is 20.1 Å². The van der Waals surface area contributed by atoms with Crippen LogP contribution in [-0.4, -0.2) is 18.0 Å². The molecular formula is C7H9N3O5S. The summed E-state index contributed by atoms with van der Waals surface area (Å²) in [5.74, 6) is 0. The van der Waals surface area contributed by atoms with E-state index in [1.165, 1.54) is 0 Å². The van der Waals surface area contributed by atoms with Crippen LogP contribution >= 0.6 is 0 Å². The minimum Gasteiger partial charge on any atom is -0.232 e. The Bertz CT molecular complexity index is 460. The molecule has 0 unspecified atom stereocenters. The zero-order valence-corrected chi connectivity index (χ0v) is 8.83. The molecule has 2 N–H and O–H groups in total. The summed E-state index contributed by atoms with van der Waals surface area (Å²) < 4.78 is 21.0. The van der Waals surface area contributed by atoms with Gasteiger partial charge in [0.2, 0.25) is 5.03 Å². The number of benzene rings is 1. The van der Waals surface area contributed by atoms with Crippen LogP contribution in [0.4, 0.5) is 0 Å². The van der Waals surface area contributed by atoms with Crippen LogP contribution < -0.4 is 5.14 Å². The molecule has 88 valence electrons. The number of hydrogen-bond donors (Lipinski definition) is 1. The minimum atomic E-state index is -4.52. The Morgan fingerprint density at radius 2 is 1.94 bits per heavy atom. The third-order valence-electron chi connectivity index (χ3n) is 1.54. The van der Waals surface area contributed by atoms with Gasteiger partial charge in [-0.1, -0.05) is 30.3 Å². The van der Waals surface area contributed by atoms with Crippen LogP contribution in [0.3, 0.4) is 0 Å². The minimum absolute atomic E-state index is 0.266. The second kappa shape index (κ2) is 4.88. The van der Waals surface area contributed by atoms with Gasteiger partial charge in [-0.2, -0.15) is 8.42 Å². The normalized spacial score (nSPS) is 11.1. The summed E-state index contributed by atoms with van der Waals surface area (Å²) in [5.41, 5.74) is 0.581. The molecule has 0 bridgehead atoms. The molecule has 1 rings (SSSR count). The van der Waals surface area contributed by atoms with Gasteiger partial charge in [-0.15, -0.1) is 0 Å². The van der Waals surface area contributed by atoms with Crippen LogP contribution in [0.5, 0.6) is 0 Å². The van der Waals surface area contributed by atoms with Crippen molar-refractivity contribution >= 4 is 10.2 Å². The Morgan fingerprint density at radius 3 is 2.38 bits per heavy atom. The Balaban J connectivity index is 2.69. The second-order valence-corrected chi connectivity index (χ2v) is 4.09. The zero-order chi connectivity index (χ0) is 12.2. The van der Waals surface area contributed by atoms with Crippen molar-refractivity contribution in [3.63, 3.8) is 0 Å². The third kappa shape index (κ3) is 3.46. The smallest absolute Gasteiger partial charge is 0.232 e. The average molecular weight is 247 g/mol. The van der Waals surface area contributed by atoms with Crippen molar-refractivity contribution < 1.29 is 18.3 Å². The third-order valence-corrected chi connectivity index (χ3v) is 2.21. The average Bonchev–Trinajstić information content (AvgIpc) is 2.17. The first-order valence-corrected chi connectivity index (χ1v) is 5.56. The summed E-state index contributed by atoms with van der Waals surface area (Å²) >= 11 is 0. The molecule has 0 amide bonds. The van der Waals surface area contributed by atoms with Crippen molar-refractivity contribution in [2.45, 2.75) is 6.61 Å². The molecule has 8 nitrogen and oxygen atoms in total. The van der Waals surface area contributed by atoms with Gasteiger partial charge >= 0.3 is 10.2 Å². The maximum absolute atomic E-state index is 10.7. The number of nitro groups is 1. The first kappa shape index (κ1) is 12.4. The van der Waals surface area contributed by atoms with Crippen LogP contribution in [0.25, 0.3) is 0 Å². The van der Waals surface area contributed by atoms with Crippen LogP contribution in [0.15, 0.2) is 30.3 Å². The van der Waals surface area contributed by atoms with Gasteiger partial charge < -0.3 is 0 Å². The summed E-state index contributed by atoms with van der Waals surface area (Å²) in [4.78, 5) is 14.8. The first-order valence-electron chi connectivity index (χ1n) is 4.05. The fraction of sp³-hybridized carbons (Fsp3) is 0.143. The Morgan fingerprint density at radius 1 is 1.38 bits per heavy atom. The van der Waals surface area contributed by atoms with E-state index in [0.29, 0.717) is 5.56 Å². The lowest BCUT2D eigenvalue weighted by Gasteiger charge is -2.09. The molecular weight excluding hydrogens is 238 g/mol. The highest BCUT2D eigenvalue weighted by atomic mass is 32.2. The van der Waals surface area contributed by atoms with E-state index in [4.69, 9.17) is 0 Å². The first-order chi connectivity index (χ1) is 7.41. The van der Waals surface area contributed by atoms with Gasteiger partial charge in [0.25, 0.3) is 0 Å². The van der Waals surface area contributed by atoms with E-state index in [9.17, 15) is 18.5 Å². The Hall–Kier alpha value is -1.71. The van der Waals surface area contributed by atoms with E-state index in [2.05, 4.69) is 9.98 Å². The monoisotopic (exact) mass is 247 g/mol. The van der Waals surface area contributed by atoms with E-state index in [1.807, 2.05) is 0 Å². The highest BCUT2D eigenvalue weighted by Gasteiger charge is 2.29. The van der Waals surface area contributed by atoms with E-state index in [1.54, 1.807) is 30.3 Å². The maximum Gasteiger partial charge on any atom is 0.376 e. The molecule has 0 saturated carbocycles. The predicted molar refractivity (Wildman–Crippen MR) is 53.2 cm³/mol. The number of nitrogens with two attached hydrogens (primary N) is 1. The lowest BCUT2D eigenvalue weighted by molar-refractivity contribution is -0.696. The topological polar surface area (TPSA) is 116 Å². The number of rotatable bonds is 5. The van der Waals surface area contributed by atoms with E-state index < -0.39 is 19.8 Å². The van der Waals surface area contributed by atoms with Gasteiger partial charge in [0, 0.05) is 0 Å². The van der Waals surface area contributed by atoms with E-state index in [-0.39, 0.29) is 6.61 Å². The van der Waals surface area contributed by atoms with E-state index >= 15 is 0 Å². The molecule has 9 heteroatoms. The van der Waals surface area contributed by atoms with Crippen LogP contribution in [-0.2, 0) is 21.7 Å². The van der Waals surface area contributed by atoms with Crippen LogP contribution in [0.2, 0.25) is 0 Å². The molecule has 0 heterocycles.